The van der Waals surface area contributed by atoms with Crippen LogP contribution in [-0.2, 0) is 20.7 Å². The van der Waals surface area contributed by atoms with Gasteiger partial charge < -0.3 is 18.9 Å². The monoisotopic (exact) mass is 628 g/mol. The van der Waals surface area contributed by atoms with Crippen molar-refractivity contribution in [3.8, 4) is 17.2 Å². The van der Waals surface area contributed by atoms with Gasteiger partial charge in [-0.25, -0.2) is 9.59 Å². The van der Waals surface area contributed by atoms with E-state index in [-0.39, 0.29) is 36.0 Å². The maximum Gasteiger partial charge on any atom is 0.343 e. The highest BCUT2D eigenvalue weighted by Gasteiger charge is 2.33. The van der Waals surface area contributed by atoms with Crippen LogP contribution in [0.25, 0.3) is 0 Å². The SMILES string of the molecule is CCCCc1ccc(C(=O)Oc2ccc(OC(=O)c3ccc(OC(=O)CCC(=O)OC4CC(C)CCC4C(C)C)cc3)cc2)cc1. The molecule has 1 aliphatic rings. The minimum absolute atomic E-state index is 0.0524. The zero-order valence-electron chi connectivity index (χ0n) is 27.2. The van der Waals surface area contributed by atoms with Gasteiger partial charge in [0.15, 0.2) is 0 Å². The van der Waals surface area contributed by atoms with Crippen molar-refractivity contribution >= 4 is 23.9 Å². The van der Waals surface area contributed by atoms with Gasteiger partial charge in [0.25, 0.3) is 0 Å². The summed E-state index contributed by atoms with van der Waals surface area (Å²) in [6.45, 7) is 8.61. The van der Waals surface area contributed by atoms with Crippen molar-refractivity contribution in [2.24, 2.45) is 17.8 Å². The summed E-state index contributed by atoms with van der Waals surface area (Å²) < 4.78 is 22.0. The molecule has 1 saturated carbocycles. The number of carbonyl (C=O) groups excluding carboxylic acids is 4. The Hall–Kier alpha value is -4.46. The molecule has 8 heteroatoms. The van der Waals surface area contributed by atoms with E-state index in [1.165, 1.54) is 42.0 Å². The van der Waals surface area contributed by atoms with Crippen molar-refractivity contribution < 1.29 is 38.1 Å². The minimum Gasteiger partial charge on any atom is -0.462 e. The fourth-order valence-electron chi connectivity index (χ4n) is 5.62. The van der Waals surface area contributed by atoms with Crippen LogP contribution in [-0.4, -0.2) is 30.0 Å². The molecule has 0 aliphatic heterocycles. The summed E-state index contributed by atoms with van der Waals surface area (Å²) in [6, 6.07) is 19.5. The zero-order chi connectivity index (χ0) is 33.1. The molecule has 0 radical (unpaired) electrons. The Kier molecular flexibility index (Phi) is 12.5. The lowest BCUT2D eigenvalue weighted by Gasteiger charge is -2.36. The van der Waals surface area contributed by atoms with Crippen LogP contribution in [0.2, 0.25) is 0 Å². The van der Waals surface area contributed by atoms with E-state index in [0.717, 1.165) is 38.5 Å². The molecule has 3 atom stereocenters. The molecule has 0 amide bonds. The number of esters is 4. The van der Waals surface area contributed by atoms with E-state index in [1.54, 1.807) is 24.3 Å². The quantitative estimate of drug-likeness (QED) is 0.138. The van der Waals surface area contributed by atoms with Gasteiger partial charge in [0, 0.05) is 0 Å². The van der Waals surface area contributed by atoms with Crippen molar-refractivity contribution in [3.63, 3.8) is 0 Å². The van der Waals surface area contributed by atoms with Crippen molar-refractivity contribution in [2.75, 3.05) is 0 Å². The topological polar surface area (TPSA) is 105 Å². The van der Waals surface area contributed by atoms with E-state index < -0.39 is 23.9 Å². The number of benzene rings is 3. The van der Waals surface area contributed by atoms with Gasteiger partial charge >= 0.3 is 23.9 Å². The third kappa shape index (κ3) is 10.3. The van der Waals surface area contributed by atoms with Gasteiger partial charge in [-0.15, -0.1) is 0 Å². The minimum atomic E-state index is -0.606. The smallest absolute Gasteiger partial charge is 0.343 e. The lowest BCUT2D eigenvalue weighted by Crippen LogP contribution is -2.36. The summed E-state index contributed by atoms with van der Waals surface area (Å²) in [4.78, 5) is 50.0. The molecule has 3 unspecified atom stereocenters. The Morgan fingerprint density at radius 2 is 1.20 bits per heavy atom. The van der Waals surface area contributed by atoms with Crippen LogP contribution in [0.1, 0.15) is 98.9 Å². The molecule has 0 saturated heterocycles. The Balaban J connectivity index is 1.20. The average molecular weight is 629 g/mol. The van der Waals surface area contributed by atoms with Gasteiger partial charge in [-0.2, -0.15) is 0 Å². The van der Waals surface area contributed by atoms with Gasteiger partial charge in [-0.05, 0) is 110 Å². The summed E-state index contributed by atoms with van der Waals surface area (Å²) in [5, 5.41) is 0. The number of carbonyl (C=O) groups is 4. The van der Waals surface area contributed by atoms with Crippen molar-refractivity contribution in [3.05, 3.63) is 89.5 Å². The molecule has 3 aromatic carbocycles. The highest BCUT2D eigenvalue weighted by Crippen LogP contribution is 2.35. The standard InChI is InChI=1S/C38H44O8/c1-5-6-7-27-9-11-28(12-10-27)37(41)44-31-17-19-32(20-18-31)45-38(42)29-13-15-30(16-14-29)43-35(39)22-23-36(40)46-34-24-26(4)8-21-33(34)25(2)3/h9-20,25-26,33-34H,5-8,21-24H2,1-4H3. The number of hydrogen-bond donors (Lipinski definition) is 0. The van der Waals surface area contributed by atoms with E-state index in [1.807, 2.05) is 12.1 Å². The number of unbranched alkanes of at least 4 members (excludes halogenated alkanes) is 1. The van der Waals surface area contributed by atoms with Crippen LogP contribution < -0.4 is 14.2 Å². The highest BCUT2D eigenvalue weighted by molar-refractivity contribution is 5.92. The predicted octanol–water partition coefficient (Wildman–Crippen LogP) is 8.16. The van der Waals surface area contributed by atoms with Crippen LogP contribution in [0.5, 0.6) is 17.2 Å². The summed E-state index contributed by atoms with van der Waals surface area (Å²) in [5.41, 5.74) is 1.89. The van der Waals surface area contributed by atoms with Gasteiger partial charge in [0.05, 0.1) is 24.0 Å². The van der Waals surface area contributed by atoms with E-state index in [2.05, 4.69) is 27.7 Å². The third-order valence-corrected chi connectivity index (χ3v) is 8.35. The first-order chi connectivity index (χ1) is 22.1. The Bertz CT molecular complexity index is 1460. The van der Waals surface area contributed by atoms with Crippen molar-refractivity contribution in [1.29, 1.82) is 0 Å². The van der Waals surface area contributed by atoms with Crippen LogP contribution in [0.4, 0.5) is 0 Å². The molecular formula is C38H44O8. The normalized spacial score (nSPS) is 17.6. The summed E-state index contributed by atoms with van der Waals surface area (Å²) >= 11 is 0. The number of aryl methyl sites for hydroxylation is 1. The molecule has 0 N–H and O–H groups in total. The van der Waals surface area contributed by atoms with E-state index in [9.17, 15) is 19.2 Å². The van der Waals surface area contributed by atoms with Crippen molar-refractivity contribution in [2.45, 2.75) is 85.2 Å². The molecule has 3 aromatic rings. The maximum atomic E-state index is 12.6. The summed E-state index contributed by atoms with van der Waals surface area (Å²) in [7, 11) is 0. The second kappa shape index (κ2) is 16.7. The molecule has 0 spiro atoms. The fourth-order valence-corrected chi connectivity index (χ4v) is 5.62. The lowest BCUT2D eigenvalue weighted by molar-refractivity contribution is -0.157. The molecule has 0 bridgehead atoms. The first-order valence-corrected chi connectivity index (χ1v) is 16.2. The number of rotatable bonds is 13. The number of hydrogen-bond acceptors (Lipinski definition) is 8. The van der Waals surface area contributed by atoms with Gasteiger partial charge in [0.2, 0.25) is 0 Å². The predicted molar refractivity (Wildman–Crippen MR) is 174 cm³/mol. The average Bonchev–Trinajstić information content (AvgIpc) is 3.04. The van der Waals surface area contributed by atoms with Gasteiger partial charge in [-0.1, -0.05) is 52.7 Å². The molecule has 46 heavy (non-hydrogen) atoms. The highest BCUT2D eigenvalue weighted by atomic mass is 16.6. The second-order valence-corrected chi connectivity index (χ2v) is 12.4. The molecule has 244 valence electrons. The van der Waals surface area contributed by atoms with E-state index >= 15 is 0 Å². The van der Waals surface area contributed by atoms with Crippen LogP contribution in [0, 0.1) is 17.8 Å². The van der Waals surface area contributed by atoms with Crippen LogP contribution in [0.15, 0.2) is 72.8 Å². The van der Waals surface area contributed by atoms with Crippen molar-refractivity contribution in [1.82, 2.24) is 0 Å². The first-order valence-electron chi connectivity index (χ1n) is 16.2. The van der Waals surface area contributed by atoms with Crippen LogP contribution in [0.3, 0.4) is 0 Å². The van der Waals surface area contributed by atoms with E-state index in [0.29, 0.717) is 29.1 Å². The first kappa shape index (κ1) is 34.4. The van der Waals surface area contributed by atoms with Crippen LogP contribution >= 0.6 is 0 Å². The second-order valence-electron chi connectivity index (χ2n) is 12.4. The van der Waals surface area contributed by atoms with Gasteiger partial charge in [0.1, 0.15) is 23.4 Å². The third-order valence-electron chi connectivity index (χ3n) is 8.35. The Morgan fingerprint density at radius 3 is 1.74 bits per heavy atom. The molecule has 0 heterocycles. The number of ether oxygens (including phenoxy) is 4. The maximum absolute atomic E-state index is 12.6. The Morgan fingerprint density at radius 1 is 0.696 bits per heavy atom. The zero-order valence-corrected chi connectivity index (χ0v) is 27.2. The molecule has 8 nitrogen and oxygen atoms in total. The molecule has 1 aliphatic carbocycles. The largest absolute Gasteiger partial charge is 0.462 e. The fraction of sp³-hybridized carbons (Fsp3) is 0.421. The van der Waals surface area contributed by atoms with E-state index in [4.69, 9.17) is 18.9 Å². The molecule has 1 fully saturated rings. The summed E-state index contributed by atoms with van der Waals surface area (Å²) in [5.74, 6) is 0.0935. The molecule has 4 rings (SSSR count). The molecular weight excluding hydrogens is 584 g/mol. The Labute approximate surface area is 271 Å². The lowest BCUT2D eigenvalue weighted by atomic mass is 9.75. The van der Waals surface area contributed by atoms with Gasteiger partial charge in [-0.3, -0.25) is 9.59 Å². The molecule has 0 aromatic heterocycles. The summed E-state index contributed by atoms with van der Waals surface area (Å²) in [6.07, 6.45) is 5.95.